The van der Waals surface area contributed by atoms with E-state index in [9.17, 15) is 13.6 Å². The fraction of sp³-hybridized carbons (Fsp3) is 0.0833. The monoisotopic (exact) mass is 253 g/mol. The number of carboxylic acid groups (broad SMARTS) is 1. The standard InChI is InChI=1S/C12H9F2NO3/c13-7-1-3-9(4-2-7)18-11-10(12(16)17)5-8(14)6-15-11/h1-6,11,15H,(H,16,17). The van der Waals surface area contributed by atoms with Gasteiger partial charge in [-0.2, -0.15) is 0 Å². The maximum atomic E-state index is 12.9. The van der Waals surface area contributed by atoms with Gasteiger partial charge in [-0.15, -0.1) is 0 Å². The summed E-state index contributed by atoms with van der Waals surface area (Å²) >= 11 is 0. The van der Waals surface area contributed by atoms with E-state index in [1.807, 2.05) is 0 Å². The topological polar surface area (TPSA) is 58.6 Å². The van der Waals surface area contributed by atoms with Crippen LogP contribution in [0.2, 0.25) is 0 Å². The van der Waals surface area contributed by atoms with Gasteiger partial charge in [-0.05, 0) is 30.3 Å². The van der Waals surface area contributed by atoms with Gasteiger partial charge in [-0.1, -0.05) is 0 Å². The van der Waals surface area contributed by atoms with Crippen LogP contribution in [0.25, 0.3) is 0 Å². The average Bonchev–Trinajstić information content (AvgIpc) is 2.34. The zero-order chi connectivity index (χ0) is 13.1. The van der Waals surface area contributed by atoms with E-state index in [1.54, 1.807) is 0 Å². The fourth-order valence-electron chi connectivity index (χ4n) is 1.43. The summed E-state index contributed by atoms with van der Waals surface area (Å²) in [5, 5.41) is 11.4. The van der Waals surface area contributed by atoms with Crippen LogP contribution >= 0.6 is 0 Å². The minimum Gasteiger partial charge on any atom is -0.478 e. The van der Waals surface area contributed by atoms with Crippen LogP contribution < -0.4 is 10.1 Å². The third-order valence-corrected chi connectivity index (χ3v) is 2.26. The largest absolute Gasteiger partial charge is 0.478 e. The molecule has 0 radical (unpaired) electrons. The third-order valence-electron chi connectivity index (χ3n) is 2.26. The van der Waals surface area contributed by atoms with Gasteiger partial charge in [0.05, 0.1) is 0 Å². The molecule has 18 heavy (non-hydrogen) atoms. The quantitative estimate of drug-likeness (QED) is 0.864. The molecule has 0 fully saturated rings. The molecule has 0 aromatic heterocycles. The Labute approximate surface area is 101 Å². The molecule has 2 N–H and O–H groups in total. The van der Waals surface area contributed by atoms with E-state index in [4.69, 9.17) is 9.84 Å². The number of ether oxygens (including phenoxy) is 1. The molecule has 6 heteroatoms. The van der Waals surface area contributed by atoms with Crippen molar-refractivity contribution in [2.24, 2.45) is 0 Å². The van der Waals surface area contributed by atoms with Crippen LogP contribution in [-0.4, -0.2) is 17.3 Å². The fourth-order valence-corrected chi connectivity index (χ4v) is 1.43. The van der Waals surface area contributed by atoms with E-state index in [1.165, 1.54) is 24.3 Å². The Kier molecular flexibility index (Phi) is 3.27. The lowest BCUT2D eigenvalue weighted by molar-refractivity contribution is -0.133. The predicted octanol–water partition coefficient (Wildman–Crippen LogP) is 1.96. The van der Waals surface area contributed by atoms with Gasteiger partial charge in [0.15, 0.2) is 0 Å². The zero-order valence-electron chi connectivity index (χ0n) is 9.06. The zero-order valence-corrected chi connectivity index (χ0v) is 9.06. The lowest BCUT2D eigenvalue weighted by Crippen LogP contribution is -2.37. The SMILES string of the molecule is O=C(O)C1=CC(F)=CNC1Oc1ccc(F)cc1. The van der Waals surface area contributed by atoms with Crippen LogP contribution in [0.3, 0.4) is 0 Å². The number of carbonyl (C=O) groups is 1. The summed E-state index contributed by atoms with van der Waals surface area (Å²) in [6.45, 7) is 0. The number of carboxylic acids is 1. The number of allylic oxidation sites excluding steroid dienone is 2. The van der Waals surface area contributed by atoms with Gasteiger partial charge in [-0.25, -0.2) is 13.6 Å². The van der Waals surface area contributed by atoms with Crippen LogP contribution in [0.1, 0.15) is 0 Å². The number of halogens is 2. The van der Waals surface area contributed by atoms with E-state index < -0.39 is 23.8 Å². The number of benzene rings is 1. The summed E-state index contributed by atoms with van der Waals surface area (Å²) in [5.41, 5.74) is -0.265. The highest BCUT2D eigenvalue weighted by Gasteiger charge is 2.25. The molecule has 1 aromatic rings. The highest BCUT2D eigenvalue weighted by molar-refractivity contribution is 5.88. The molecule has 0 amide bonds. The molecule has 1 unspecified atom stereocenters. The van der Waals surface area contributed by atoms with Crippen molar-refractivity contribution >= 4 is 5.97 Å². The minimum absolute atomic E-state index is 0.265. The molecule has 0 saturated carbocycles. The number of hydrogen-bond acceptors (Lipinski definition) is 3. The van der Waals surface area contributed by atoms with Crippen molar-refractivity contribution in [3.8, 4) is 5.75 Å². The molecule has 4 nitrogen and oxygen atoms in total. The maximum absolute atomic E-state index is 12.9. The Morgan fingerprint density at radius 2 is 1.94 bits per heavy atom. The van der Waals surface area contributed by atoms with Gasteiger partial charge in [0.2, 0.25) is 6.23 Å². The van der Waals surface area contributed by atoms with E-state index >= 15 is 0 Å². The summed E-state index contributed by atoms with van der Waals surface area (Å²) < 4.78 is 30.9. The molecular formula is C12H9F2NO3. The molecule has 1 heterocycles. The highest BCUT2D eigenvalue weighted by atomic mass is 19.1. The summed E-state index contributed by atoms with van der Waals surface area (Å²) in [6.07, 6.45) is 0.848. The van der Waals surface area contributed by atoms with E-state index in [2.05, 4.69) is 5.32 Å². The van der Waals surface area contributed by atoms with E-state index in [0.717, 1.165) is 12.3 Å². The Morgan fingerprint density at radius 3 is 2.56 bits per heavy atom. The first-order valence-electron chi connectivity index (χ1n) is 5.05. The first kappa shape index (κ1) is 12.1. The molecule has 0 saturated heterocycles. The second-order valence-corrected chi connectivity index (χ2v) is 3.55. The smallest absolute Gasteiger partial charge is 0.337 e. The lowest BCUT2D eigenvalue weighted by atomic mass is 10.1. The Balaban J connectivity index is 2.16. The van der Waals surface area contributed by atoms with Crippen LogP contribution in [0.15, 0.2) is 47.9 Å². The van der Waals surface area contributed by atoms with Crippen molar-refractivity contribution < 1.29 is 23.4 Å². The number of rotatable bonds is 3. The third kappa shape index (κ3) is 2.65. The molecule has 0 aliphatic carbocycles. The van der Waals surface area contributed by atoms with Gasteiger partial charge in [-0.3, -0.25) is 0 Å². The van der Waals surface area contributed by atoms with E-state index in [-0.39, 0.29) is 11.3 Å². The number of hydrogen-bond donors (Lipinski definition) is 2. The van der Waals surface area contributed by atoms with Crippen molar-refractivity contribution in [2.75, 3.05) is 0 Å². The van der Waals surface area contributed by atoms with Crippen molar-refractivity contribution in [3.05, 3.63) is 53.8 Å². The molecule has 1 aromatic carbocycles. The van der Waals surface area contributed by atoms with Gasteiger partial charge in [0, 0.05) is 6.20 Å². The van der Waals surface area contributed by atoms with E-state index in [0.29, 0.717) is 0 Å². The molecule has 1 aliphatic rings. The number of aliphatic carboxylic acids is 1. The average molecular weight is 253 g/mol. The summed E-state index contributed by atoms with van der Waals surface area (Å²) in [6, 6.07) is 5.06. The number of dihydropyridines is 1. The van der Waals surface area contributed by atoms with Gasteiger partial charge >= 0.3 is 5.97 Å². The maximum Gasteiger partial charge on any atom is 0.337 e. The van der Waals surface area contributed by atoms with Gasteiger partial charge in [0.1, 0.15) is 23.0 Å². The Bertz CT molecular complexity index is 523. The van der Waals surface area contributed by atoms with Crippen molar-refractivity contribution in [1.29, 1.82) is 0 Å². The molecule has 1 atom stereocenters. The lowest BCUT2D eigenvalue weighted by Gasteiger charge is -2.22. The minimum atomic E-state index is -1.29. The first-order chi connectivity index (χ1) is 8.56. The summed E-state index contributed by atoms with van der Waals surface area (Å²) in [5.74, 6) is -2.15. The molecule has 94 valence electrons. The molecule has 0 spiro atoms. The first-order valence-corrected chi connectivity index (χ1v) is 5.05. The van der Waals surface area contributed by atoms with Gasteiger partial charge in [0.25, 0.3) is 0 Å². The normalized spacial score (nSPS) is 18.4. The Morgan fingerprint density at radius 1 is 1.28 bits per heavy atom. The second-order valence-electron chi connectivity index (χ2n) is 3.55. The predicted molar refractivity (Wildman–Crippen MR) is 58.9 cm³/mol. The van der Waals surface area contributed by atoms with Crippen molar-refractivity contribution in [1.82, 2.24) is 5.32 Å². The molecular weight excluding hydrogens is 244 g/mol. The second kappa shape index (κ2) is 4.87. The van der Waals surface area contributed by atoms with Crippen molar-refractivity contribution in [3.63, 3.8) is 0 Å². The highest BCUT2D eigenvalue weighted by Crippen LogP contribution is 2.19. The molecule has 0 bridgehead atoms. The summed E-state index contributed by atoms with van der Waals surface area (Å²) in [4.78, 5) is 10.9. The van der Waals surface area contributed by atoms with Crippen LogP contribution in [0.5, 0.6) is 5.75 Å². The summed E-state index contributed by atoms with van der Waals surface area (Å²) in [7, 11) is 0. The molecule has 2 rings (SSSR count). The Hall–Kier alpha value is -2.37. The van der Waals surface area contributed by atoms with Crippen LogP contribution in [0.4, 0.5) is 8.78 Å². The number of nitrogens with one attached hydrogen (secondary N) is 1. The van der Waals surface area contributed by atoms with Gasteiger partial charge < -0.3 is 15.2 Å². The van der Waals surface area contributed by atoms with Crippen molar-refractivity contribution in [2.45, 2.75) is 6.23 Å². The van der Waals surface area contributed by atoms with Crippen LogP contribution in [-0.2, 0) is 4.79 Å². The van der Waals surface area contributed by atoms with Crippen LogP contribution in [0, 0.1) is 5.82 Å². The molecule has 1 aliphatic heterocycles.